The van der Waals surface area contributed by atoms with Gasteiger partial charge in [-0.05, 0) is 43.3 Å². The molecule has 1 atom stereocenters. The number of alkyl halides is 5. The van der Waals surface area contributed by atoms with Gasteiger partial charge in [-0.2, -0.15) is 22.0 Å². The van der Waals surface area contributed by atoms with E-state index in [1.165, 1.54) is 55.6 Å². The van der Waals surface area contributed by atoms with Crippen molar-refractivity contribution in [3.63, 3.8) is 0 Å². The molecule has 0 heterocycles. The van der Waals surface area contributed by atoms with Gasteiger partial charge in [0.2, 0.25) is 0 Å². The number of halogens is 5. The topological polar surface area (TPSA) is 55.4 Å². The van der Waals surface area contributed by atoms with Crippen molar-refractivity contribution in [3.8, 4) is 5.75 Å². The summed E-state index contributed by atoms with van der Waals surface area (Å²) in [5.41, 5.74) is 0.612. The Bertz CT molecular complexity index is 894. The molecule has 0 aliphatic rings. The summed E-state index contributed by atoms with van der Waals surface area (Å²) in [5, 5.41) is 2.01. The Kier molecular flexibility index (Phi) is 6.22. The lowest BCUT2D eigenvalue weighted by molar-refractivity contribution is -0.285. The van der Waals surface area contributed by atoms with Crippen molar-refractivity contribution in [2.75, 3.05) is 18.2 Å². The van der Waals surface area contributed by atoms with Gasteiger partial charge in [0.1, 0.15) is 11.8 Å². The number of anilines is 1. The summed E-state index contributed by atoms with van der Waals surface area (Å²) < 4.78 is 96.7. The minimum atomic E-state index is -5.93. The van der Waals surface area contributed by atoms with Gasteiger partial charge >= 0.3 is 12.1 Å². The molecule has 0 aromatic heterocycles. The van der Waals surface area contributed by atoms with Gasteiger partial charge in [-0.15, -0.1) is 0 Å². The average Bonchev–Trinajstić information content (AvgIpc) is 2.61. The van der Waals surface area contributed by atoms with Crippen LogP contribution in [0.5, 0.6) is 5.75 Å². The molecule has 1 N–H and O–H groups in total. The monoisotopic (exact) mass is 423 g/mol. The van der Waals surface area contributed by atoms with E-state index in [9.17, 15) is 30.4 Å². The van der Waals surface area contributed by atoms with E-state index < -0.39 is 33.7 Å². The number of hydrogen-bond donors (Lipinski definition) is 1. The van der Waals surface area contributed by atoms with Gasteiger partial charge in [0, 0.05) is 5.69 Å². The van der Waals surface area contributed by atoms with Crippen LogP contribution in [0.15, 0.2) is 53.4 Å². The van der Waals surface area contributed by atoms with Crippen molar-refractivity contribution in [2.24, 2.45) is 0 Å². The molecule has 0 unspecified atom stereocenters. The number of methoxy groups -OCH3 is 1. The van der Waals surface area contributed by atoms with Crippen molar-refractivity contribution in [1.82, 2.24) is 0 Å². The van der Waals surface area contributed by atoms with E-state index in [0.29, 0.717) is 11.3 Å². The highest BCUT2D eigenvalue weighted by atomic mass is 32.2. The van der Waals surface area contributed by atoms with Crippen molar-refractivity contribution >= 4 is 15.5 Å². The maximum atomic E-state index is 14.1. The summed E-state index contributed by atoms with van der Waals surface area (Å²) in [6.45, 7) is 1.68. The van der Waals surface area contributed by atoms with Crippen LogP contribution in [0.25, 0.3) is 0 Å². The second kappa shape index (κ2) is 7.94. The Morgan fingerprint density at radius 2 is 1.50 bits per heavy atom. The fraction of sp³-hybridized carbons (Fsp3) is 0.333. The number of nitrogens with one attached hydrogen (secondary N) is 1. The highest BCUT2D eigenvalue weighted by Crippen LogP contribution is 2.40. The zero-order valence-electron chi connectivity index (χ0n) is 14.9. The standard InChI is InChI=1S/C18H18F5NO3S/c1-12-3-9-15(10-4-12)28(25,26)11-16(17(19,20)18(21,22)23)24-13-5-7-14(27-2)8-6-13/h3-10,16,24H,11H2,1-2H3/t16-/m1/s1. The van der Waals surface area contributed by atoms with Gasteiger partial charge in [-0.25, -0.2) is 8.42 Å². The van der Waals surface area contributed by atoms with Gasteiger partial charge in [0.25, 0.3) is 0 Å². The Labute approximate surface area is 159 Å². The fourth-order valence-corrected chi connectivity index (χ4v) is 3.86. The summed E-state index contributed by atoms with van der Waals surface area (Å²) in [6.07, 6.45) is -5.93. The van der Waals surface area contributed by atoms with Gasteiger partial charge in [-0.1, -0.05) is 17.7 Å². The molecule has 0 radical (unpaired) electrons. The molecular formula is C18H18F5NO3S. The Morgan fingerprint density at radius 1 is 0.964 bits per heavy atom. The van der Waals surface area contributed by atoms with Crippen molar-refractivity contribution in [2.45, 2.75) is 30.0 Å². The number of sulfone groups is 1. The normalized spacial score (nSPS) is 13.8. The summed E-state index contributed by atoms with van der Waals surface area (Å²) in [6, 6.07) is 7.60. The first-order valence-electron chi connectivity index (χ1n) is 8.01. The smallest absolute Gasteiger partial charge is 0.455 e. The Balaban J connectivity index is 2.38. The molecule has 0 aliphatic heterocycles. The summed E-state index contributed by atoms with van der Waals surface area (Å²) >= 11 is 0. The maximum absolute atomic E-state index is 14.1. The zero-order valence-corrected chi connectivity index (χ0v) is 15.7. The molecule has 0 spiro atoms. The minimum absolute atomic E-state index is 0.103. The second-order valence-corrected chi connectivity index (χ2v) is 8.17. The van der Waals surface area contributed by atoms with E-state index in [2.05, 4.69) is 0 Å². The molecule has 28 heavy (non-hydrogen) atoms. The third-order valence-electron chi connectivity index (χ3n) is 4.01. The van der Waals surface area contributed by atoms with Crippen LogP contribution >= 0.6 is 0 Å². The summed E-state index contributed by atoms with van der Waals surface area (Å²) in [4.78, 5) is -0.336. The van der Waals surface area contributed by atoms with E-state index >= 15 is 0 Å². The van der Waals surface area contributed by atoms with Crippen LogP contribution in [-0.4, -0.2) is 39.4 Å². The molecule has 2 rings (SSSR count). The summed E-state index contributed by atoms with van der Waals surface area (Å²) in [5.74, 6) is -6.38. The predicted octanol–water partition coefficient (Wildman–Crippen LogP) is 4.46. The van der Waals surface area contributed by atoms with E-state index in [-0.39, 0.29) is 10.6 Å². The first-order chi connectivity index (χ1) is 12.9. The van der Waals surface area contributed by atoms with Gasteiger partial charge in [0.15, 0.2) is 9.84 Å². The van der Waals surface area contributed by atoms with E-state index in [1.54, 1.807) is 6.92 Å². The molecule has 0 aliphatic carbocycles. The molecule has 0 fully saturated rings. The molecule has 10 heteroatoms. The lowest BCUT2D eigenvalue weighted by Crippen LogP contribution is -2.53. The van der Waals surface area contributed by atoms with Crippen LogP contribution in [0, 0.1) is 6.92 Å². The molecule has 0 saturated heterocycles. The summed E-state index contributed by atoms with van der Waals surface area (Å²) in [7, 11) is -3.06. The lowest BCUT2D eigenvalue weighted by Gasteiger charge is -2.30. The first-order valence-corrected chi connectivity index (χ1v) is 9.66. The van der Waals surface area contributed by atoms with Crippen LogP contribution < -0.4 is 10.1 Å². The molecule has 0 saturated carbocycles. The largest absolute Gasteiger partial charge is 0.497 e. The molecule has 2 aromatic rings. The number of ether oxygens (including phenoxy) is 1. The maximum Gasteiger partial charge on any atom is 0.455 e. The van der Waals surface area contributed by atoms with Gasteiger partial charge < -0.3 is 10.1 Å². The molecule has 2 aromatic carbocycles. The number of benzene rings is 2. The van der Waals surface area contributed by atoms with Gasteiger partial charge in [0.05, 0.1) is 17.8 Å². The predicted molar refractivity (Wildman–Crippen MR) is 94.6 cm³/mol. The lowest BCUT2D eigenvalue weighted by atomic mass is 10.1. The Hall–Kier alpha value is -2.36. The minimum Gasteiger partial charge on any atom is -0.497 e. The SMILES string of the molecule is COc1ccc(N[C@H](CS(=O)(=O)c2ccc(C)cc2)C(F)(F)C(F)(F)F)cc1. The highest BCUT2D eigenvalue weighted by molar-refractivity contribution is 7.91. The van der Waals surface area contributed by atoms with Crippen LogP contribution in [0.4, 0.5) is 27.6 Å². The molecule has 0 amide bonds. The van der Waals surface area contributed by atoms with E-state index in [1.807, 2.05) is 5.32 Å². The second-order valence-electron chi connectivity index (χ2n) is 6.14. The average molecular weight is 423 g/mol. The van der Waals surface area contributed by atoms with E-state index in [4.69, 9.17) is 4.74 Å². The first kappa shape index (κ1) is 21.9. The molecule has 154 valence electrons. The third-order valence-corrected chi connectivity index (χ3v) is 5.78. The molecule has 4 nitrogen and oxygen atoms in total. The fourth-order valence-electron chi connectivity index (χ4n) is 2.38. The number of hydrogen-bond acceptors (Lipinski definition) is 4. The van der Waals surface area contributed by atoms with Crippen LogP contribution in [0.2, 0.25) is 0 Å². The van der Waals surface area contributed by atoms with Crippen molar-refractivity contribution in [1.29, 1.82) is 0 Å². The third kappa shape index (κ3) is 4.92. The van der Waals surface area contributed by atoms with Crippen LogP contribution in [-0.2, 0) is 9.84 Å². The van der Waals surface area contributed by atoms with Crippen molar-refractivity contribution < 1.29 is 35.1 Å². The number of aryl methyl sites for hydroxylation is 1. The quantitative estimate of drug-likeness (QED) is 0.669. The highest BCUT2D eigenvalue weighted by Gasteiger charge is 2.63. The Morgan fingerprint density at radius 3 is 1.96 bits per heavy atom. The van der Waals surface area contributed by atoms with E-state index in [0.717, 1.165) is 0 Å². The van der Waals surface area contributed by atoms with Crippen LogP contribution in [0.1, 0.15) is 5.56 Å². The van der Waals surface area contributed by atoms with Crippen LogP contribution in [0.3, 0.4) is 0 Å². The molecular weight excluding hydrogens is 405 g/mol. The number of rotatable bonds is 7. The van der Waals surface area contributed by atoms with Gasteiger partial charge in [-0.3, -0.25) is 0 Å². The van der Waals surface area contributed by atoms with Crippen molar-refractivity contribution in [3.05, 3.63) is 54.1 Å². The molecule has 0 bridgehead atoms. The zero-order chi connectivity index (χ0) is 21.2.